The van der Waals surface area contributed by atoms with E-state index in [1.54, 1.807) is 11.3 Å². The summed E-state index contributed by atoms with van der Waals surface area (Å²) in [7, 11) is 0. The van der Waals surface area contributed by atoms with E-state index in [0.29, 0.717) is 18.6 Å². The number of thiophene rings is 1. The quantitative estimate of drug-likeness (QED) is 0.718. The first kappa shape index (κ1) is 10.7. The Hall–Kier alpha value is -1.42. The van der Waals surface area contributed by atoms with Crippen LogP contribution in [0.1, 0.15) is 36.5 Å². The third kappa shape index (κ3) is 1.82. The zero-order valence-corrected chi connectivity index (χ0v) is 10.1. The first-order valence-corrected chi connectivity index (χ1v) is 6.64. The van der Waals surface area contributed by atoms with Gasteiger partial charge in [-0.25, -0.2) is 0 Å². The van der Waals surface area contributed by atoms with Gasteiger partial charge >= 0.3 is 5.97 Å². The second-order valence-electron chi connectivity index (χ2n) is 4.38. The maximum Gasteiger partial charge on any atom is 0.312 e. The summed E-state index contributed by atoms with van der Waals surface area (Å²) in [5.41, 5.74) is 1.03. The van der Waals surface area contributed by atoms with Crippen molar-refractivity contribution in [3.8, 4) is 0 Å². The van der Waals surface area contributed by atoms with Gasteiger partial charge < -0.3 is 4.74 Å². The number of esters is 1. The summed E-state index contributed by atoms with van der Waals surface area (Å²) < 4.78 is 5.13. The van der Waals surface area contributed by atoms with Gasteiger partial charge in [0.05, 0.1) is 6.42 Å². The van der Waals surface area contributed by atoms with Gasteiger partial charge in [-0.05, 0) is 29.9 Å². The second-order valence-corrected chi connectivity index (χ2v) is 5.36. The molecular weight excluding hydrogens is 236 g/mol. The zero-order chi connectivity index (χ0) is 11.8. The van der Waals surface area contributed by atoms with Gasteiger partial charge in [0.25, 0.3) is 0 Å². The normalized spacial score (nSPS) is 24.6. The SMILES string of the molecule is O=C1C[C@H](c2cccs2)C2=C(O1)C(=O)CCC2. The molecule has 0 bridgehead atoms. The predicted molar refractivity (Wildman–Crippen MR) is 63.7 cm³/mol. The summed E-state index contributed by atoms with van der Waals surface area (Å²) in [6, 6.07) is 4.00. The minimum absolute atomic E-state index is 0.0131. The molecule has 2 aliphatic rings. The molecule has 1 aromatic heterocycles. The lowest BCUT2D eigenvalue weighted by molar-refractivity contribution is -0.144. The summed E-state index contributed by atoms with van der Waals surface area (Å²) >= 11 is 1.64. The van der Waals surface area contributed by atoms with Crippen LogP contribution >= 0.6 is 11.3 Å². The van der Waals surface area contributed by atoms with Crippen LogP contribution in [-0.2, 0) is 14.3 Å². The molecule has 17 heavy (non-hydrogen) atoms. The van der Waals surface area contributed by atoms with Crippen LogP contribution < -0.4 is 0 Å². The number of allylic oxidation sites excluding steroid dienone is 2. The van der Waals surface area contributed by atoms with E-state index in [1.165, 1.54) is 0 Å². The van der Waals surface area contributed by atoms with E-state index in [9.17, 15) is 9.59 Å². The van der Waals surface area contributed by atoms with Crippen LogP contribution in [0, 0.1) is 0 Å². The van der Waals surface area contributed by atoms with Crippen LogP contribution in [-0.4, -0.2) is 11.8 Å². The number of ether oxygens (including phenoxy) is 1. The molecular formula is C13H12O3S. The molecule has 1 aliphatic carbocycles. The first-order chi connectivity index (χ1) is 8.25. The molecule has 0 aromatic carbocycles. The van der Waals surface area contributed by atoms with Crippen LogP contribution in [0.15, 0.2) is 28.8 Å². The predicted octanol–water partition coefficient (Wildman–Crippen LogP) is 2.79. The van der Waals surface area contributed by atoms with Crippen LogP contribution in [0.25, 0.3) is 0 Å². The topological polar surface area (TPSA) is 43.4 Å². The summed E-state index contributed by atoms with van der Waals surface area (Å²) in [5.74, 6) is 0.111. The van der Waals surface area contributed by atoms with E-state index in [4.69, 9.17) is 4.74 Å². The lowest BCUT2D eigenvalue weighted by Crippen LogP contribution is -2.26. The molecule has 3 rings (SSSR count). The van der Waals surface area contributed by atoms with Crippen molar-refractivity contribution in [1.29, 1.82) is 0 Å². The average molecular weight is 248 g/mol. The third-order valence-corrected chi connectivity index (χ3v) is 4.27. The van der Waals surface area contributed by atoms with E-state index in [2.05, 4.69) is 0 Å². The minimum Gasteiger partial charge on any atom is -0.423 e. The third-order valence-electron chi connectivity index (χ3n) is 3.29. The summed E-state index contributed by atoms with van der Waals surface area (Å²) in [6.07, 6.45) is 2.61. The molecule has 3 nitrogen and oxygen atoms in total. The fourth-order valence-corrected chi connectivity index (χ4v) is 3.37. The Balaban J connectivity index is 2.06. The summed E-state index contributed by atoms with van der Waals surface area (Å²) in [6.45, 7) is 0. The van der Waals surface area contributed by atoms with Gasteiger partial charge in [0.2, 0.25) is 0 Å². The molecule has 1 aliphatic heterocycles. The largest absolute Gasteiger partial charge is 0.423 e. The van der Waals surface area contributed by atoms with E-state index < -0.39 is 0 Å². The molecule has 2 heterocycles. The van der Waals surface area contributed by atoms with Crippen molar-refractivity contribution in [3.63, 3.8) is 0 Å². The molecule has 0 N–H and O–H groups in total. The van der Waals surface area contributed by atoms with Crippen LogP contribution in [0.3, 0.4) is 0 Å². The van der Waals surface area contributed by atoms with E-state index in [1.807, 2.05) is 17.5 Å². The highest BCUT2D eigenvalue weighted by molar-refractivity contribution is 7.10. The molecule has 1 aromatic rings. The number of Topliss-reactive ketones (excluding diaryl/α,β-unsaturated/α-hetero) is 1. The average Bonchev–Trinajstić information content (AvgIpc) is 2.83. The maximum absolute atomic E-state index is 11.8. The highest BCUT2D eigenvalue weighted by Gasteiger charge is 2.36. The fraction of sp³-hybridized carbons (Fsp3) is 0.385. The molecule has 88 valence electrons. The zero-order valence-electron chi connectivity index (χ0n) is 9.27. The molecule has 4 heteroatoms. The van der Waals surface area contributed by atoms with Gasteiger partial charge in [-0.2, -0.15) is 0 Å². The van der Waals surface area contributed by atoms with Crippen molar-refractivity contribution in [2.24, 2.45) is 0 Å². The Morgan fingerprint density at radius 2 is 2.18 bits per heavy atom. The standard InChI is InChI=1S/C13H12O3S/c14-10-4-1-3-8-9(11-5-2-6-17-11)7-12(15)16-13(8)10/h2,5-6,9H,1,3-4,7H2/t9-/m0/s1. The van der Waals surface area contributed by atoms with E-state index in [-0.39, 0.29) is 17.7 Å². The monoisotopic (exact) mass is 248 g/mol. The highest BCUT2D eigenvalue weighted by Crippen LogP contribution is 2.41. The van der Waals surface area contributed by atoms with Crippen LogP contribution in [0.5, 0.6) is 0 Å². The smallest absolute Gasteiger partial charge is 0.312 e. The second kappa shape index (κ2) is 4.11. The number of carbonyl (C=O) groups is 2. The molecule has 0 spiro atoms. The molecule has 1 atom stereocenters. The van der Waals surface area contributed by atoms with Crippen molar-refractivity contribution in [2.75, 3.05) is 0 Å². The maximum atomic E-state index is 11.8. The van der Waals surface area contributed by atoms with Gasteiger partial charge in [-0.1, -0.05) is 6.07 Å². The Labute approximate surface area is 103 Å². The van der Waals surface area contributed by atoms with Gasteiger partial charge in [-0.3, -0.25) is 9.59 Å². The summed E-state index contributed by atoms with van der Waals surface area (Å²) in [4.78, 5) is 24.5. The number of rotatable bonds is 1. The van der Waals surface area contributed by atoms with Crippen molar-refractivity contribution in [2.45, 2.75) is 31.6 Å². The Bertz CT molecular complexity index is 499. The Morgan fingerprint density at radius 3 is 2.94 bits per heavy atom. The van der Waals surface area contributed by atoms with E-state index >= 15 is 0 Å². The van der Waals surface area contributed by atoms with Crippen LogP contribution in [0.2, 0.25) is 0 Å². The number of hydrogen-bond donors (Lipinski definition) is 0. The first-order valence-electron chi connectivity index (χ1n) is 5.76. The van der Waals surface area contributed by atoms with Crippen molar-refractivity contribution in [1.82, 2.24) is 0 Å². The highest BCUT2D eigenvalue weighted by atomic mass is 32.1. The number of carbonyl (C=O) groups excluding carboxylic acids is 2. The van der Waals surface area contributed by atoms with Crippen LogP contribution in [0.4, 0.5) is 0 Å². The molecule has 0 radical (unpaired) electrons. The van der Waals surface area contributed by atoms with Crippen molar-refractivity contribution >= 4 is 23.1 Å². The molecule has 0 amide bonds. The molecule has 0 saturated heterocycles. The van der Waals surface area contributed by atoms with Gasteiger partial charge in [-0.15, -0.1) is 11.3 Å². The van der Waals surface area contributed by atoms with Gasteiger partial charge in [0, 0.05) is 17.2 Å². The molecule has 0 unspecified atom stereocenters. The number of ketones is 1. The Kier molecular flexibility index (Phi) is 2.59. The fourth-order valence-electron chi connectivity index (χ4n) is 2.51. The van der Waals surface area contributed by atoms with Gasteiger partial charge in [0.1, 0.15) is 0 Å². The molecule has 0 fully saturated rings. The lowest BCUT2D eigenvalue weighted by atomic mass is 9.83. The van der Waals surface area contributed by atoms with Gasteiger partial charge in [0.15, 0.2) is 11.5 Å². The van der Waals surface area contributed by atoms with Crippen molar-refractivity contribution in [3.05, 3.63) is 33.7 Å². The van der Waals surface area contributed by atoms with Crippen molar-refractivity contribution < 1.29 is 14.3 Å². The number of hydrogen-bond acceptors (Lipinski definition) is 4. The Morgan fingerprint density at radius 1 is 1.29 bits per heavy atom. The molecule has 0 saturated carbocycles. The minimum atomic E-state index is -0.280. The van der Waals surface area contributed by atoms with E-state index in [0.717, 1.165) is 23.3 Å². The summed E-state index contributed by atoms with van der Waals surface area (Å²) in [5, 5.41) is 2.00. The lowest BCUT2D eigenvalue weighted by Gasteiger charge is -2.29.